The van der Waals surface area contributed by atoms with Gasteiger partial charge in [-0.05, 0) is 73.5 Å². The van der Waals surface area contributed by atoms with Gasteiger partial charge >= 0.3 is 0 Å². The first-order chi connectivity index (χ1) is 17.4. The molecule has 0 bridgehead atoms. The van der Waals surface area contributed by atoms with Crippen LogP contribution in [0.5, 0.6) is 5.75 Å². The quantitative estimate of drug-likeness (QED) is 0.388. The van der Waals surface area contributed by atoms with E-state index in [4.69, 9.17) is 9.84 Å². The van der Waals surface area contributed by atoms with Crippen molar-refractivity contribution in [3.63, 3.8) is 0 Å². The Morgan fingerprint density at radius 1 is 0.889 bits per heavy atom. The fraction of sp³-hybridized carbons (Fsp3) is 0.241. The number of nitrogens with zero attached hydrogens (tertiary/aromatic N) is 4. The lowest BCUT2D eigenvalue weighted by Crippen LogP contribution is -2.49. The molecule has 0 aliphatic carbocycles. The van der Waals surface area contributed by atoms with E-state index in [1.807, 2.05) is 52.3 Å². The van der Waals surface area contributed by atoms with Gasteiger partial charge in [-0.25, -0.2) is 9.07 Å². The standard InChI is InChI=1S/C29H29FN4O2/c1-20-8-9-22(18-21(20)2)26-19-28(34(31-26)23-10-12-24(36-3)13-11-23)29(35)33-16-14-32(15-17-33)27-7-5-4-6-25(27)30/h4-13,18-19H,14-17H2,1-3H3. The molecule has 1 fully saturated rings. The highest BCUT2D eigenvalue weighted by atomic mass is 19.1. The summed E-state index contributed by atoms with van der Waals surface area (Å²) in [5.74, 6) is 0.395. The van der Waals surface area contributed by atoms with E-state index < -0.39 is 0 Å². The molecule has 1 aliphatic rings. The van der Waals surface area contributed by atoms with Crippen LogP contribution < -0.4 is 9.64 Å². The lowest BCUT2D eigenvalue weighted by atomic mass is 10.0. The van der Waals surface area contributed by atoms with E-state index >= 15 is 0 Å². The van der Waals surface area contributed by atoms with Crippen LogP contribution in [0.4, 0.5) is 10.1 Å². The average molecular weight is 485 g/mol. The molecule has 1 saturated heterocycles. The van der Waals surface area contributed by atoms with Crippen LogP contribution in [0.1, 0.15) is 21.6 Å². The summed E-state index contributed by atoms with van der Waals surface area (Å²) in [5, 5.41) is 4.84. The molecule has 0 radical (unpaired) electrons. The van der Waals surface area contributed by atoms with Gasteiger partial charge in [-0.2, -0.15) is 5.10 Å². The van der Waals surface area contributed by atoms with Crippen molar-refractivity contribution in [3.8, 4) is 22.7 Å². The van der Waals surface area contributed by atoms with Crippen LogP contribution >= 0.6 is 0 Å². The van der Waals surface area contributed by atoms with Gasteiger partial charge in [-0.3, -0.25) is 4.79 Å². The molecule has 0 atom stereocenters. The minimum atomic E-state index is -0.243. The summed E-state index contributed by atoms with van der Waals surface area (Å²) in [6.07, 6.45) is 0. The molecular formula is C29H29FN4O2. The lowest BCUT2D eigenvalue weighted by Gasteiger charge is -2.36. The highest BCUT2D eigenvalue weighted by molar-refractivity contribution is 5.94. The topological polar surface area (TPSA) is 50.6 Å². The van der Waals surface area contributed by atoms with Crippen LogP contribution in [0.25, 0.3) is 16.9 Å². The normalized spacial score (nSPS) is 13.7. The number of carbonyl (C=O) groups is 1. The number of halogens is 1. The number of aryl methyl sites for hydroxylation is 2. The number of anilines is 1. The molecule has 184 valence electrons. The molecule has 6 nitrogen and oxygen atoms in total. The number of rotatable bonds is 5. The zero-order valence-electron chi connectivity index (χ0n) is 20.7. The third-order valence-corrected chi connectivity index (χ3v) is 6.81. The summed E-state index contributed by atoms with van der Waals surface area (Å²) in [5.41, 5.74) is 5.92. The van der Waals surface area contributed by atoms with Gasteiger partial charge in [0.1, 0.15) is 17.3 Å². The van der Waals surface area contributed by atoms with Crippen molar-refractivity contribution < 1.29 is 13.9 Å². The lowest BCUT2D eigenvalue weighted by molar-refractivity contribution is 0.0737. The van der Waals surface area contributed by atoms with Crippen LogP contribution in [0.2, 0.25) is 0 Å². The van der Waals surface area contributed by atoms with Crippen molar-refractivity contribution in [2.24, 2.45) is 0 Å². The van der Waals surface area contributed by atoms with Crippen molar-refractivity contribution in [2.75, 3.05) is 38.2 Å². The predicted octanol–water partition coefficient (Wildman–Crippen LogP) is 5.27. The maximum Gasteiger partial charge on any atom is 0.272 e. The number of amides is 1. The monoisotopic (exact) mass is 484 g/mol. The van der Waals surface area contributed by atoms with E-state index in [2.05, 4.69) is 26.0 Å². The van der Waals surface area contributed by atoms with Gasteiger partial charge in [-0.15, -0.1) is 0 Å². The highest BCUT2D eigenvalue weighted by Gasteiger charge is 2.27. The molecule has 1 aromatic heterocycles. The number of carbonyl (C=O) groups excluding carboxylic acids is 1. The Morgan fingerprint density at radius 2 is 1.61 bits per heavy atom. The van der Waals surface area contributed by atoms with Gasteiger partial charge in [0, 0.05) is 31.7 Å². The Labute approximate surface area is 210 Å². The summed E-state index contributed by atoms with van der Waals surface area (Å²) >= 11 is 0. The van der Waals surface area contributed by atoms with Gasteiger partial charge in [-0.1, -0.05) is 24.3 Å². The molecule has 4 aromatic rings. The molecule has 0 spiro atoms. The van der Waals surface area contributed by atoms with E-state index in [-0.39, 0.29) is 11.7 Å². The van der Waals surface area contributed by atoms with Crippen molar-refractivity contribution in [2.45, 2.75) is 13.8 Å². The second-order valence-electron chi connectivity index (χ2n) is 9.05. The minimum Gasteiger partial charge on any atom is -0.497 e. The SMILES string of the molecule is COc1ccc(-n2nc(-c3ccc(C)c(C)c3)cc2C(=O)N2CCN(c3ccccc3F)CC2)cc1. The van der Waals surface area contributed by atoms with Crippen LogP contribution in [0, 0.1) is 19.7 Å². The zero-order chi connectivity index (χ0) is 25.2. The predicted molar refractivity (Wildman–Crippen MR) is 140 cm³/mol. The molecule has 2 heterocycles. The molecule has 36 heavy (non-hydrogen) atoms. The number of piperazine rings is 1. The molecule has 1 aliphatic heterocycles. The fourth-order valence-electron chi connectivity index (χ4n) is 4.52. The van der Waals surface area contributed by atoms with Crippen molar-refractivity contribution >= 4 is 11.6 Å². The number of ether oxygens (including phenoxy) is 1. The highest BCUT2D eigenvalue weighted by Crippen LogP contribution is 2.27. The summed E-state index contributed by atoms with van der Waals surface area (Å²) in [7, 11) is 1.62. The maximum absolute atomic E-state index is 14.3. The van der Waals surface area contributed by atoms with E-state index in [9.17, 15) is 9.18 Å². The van der Waals surface area contributed by atoms with Crippen LogP contribution in [-0.2, 0) is 0 Å². The second kappa shape index (κ2) is 9.85. The van der Waals surface area contributed by atoms with Gasteiger partial charge < -0.3 is 14.5 Å². The average Bonchev–Trinajstić information content (AvgIpc) is 3.36. The molecule has 5 rings (SSSR count). The largest absolute Gasteiger partial charge is 0.497 e. The summed E-state index contributed by atoms with van der Waals surface area (Å²) in [4.78, 5) is 17.5. The Kier molecular flexibility index (Phi) is 6.46. The summed E-state index contributed by atoms with van der Waals surface area (Å²) < 4.78 is 21.3. The van der Waals surface area contributed by atoms with Gasteiger partial charge in [0.15, 0.2) is 0 Å². The molecule has 0 N–H and O–H groups in total. The Balaban J connectivity index is 1.45. The molecule has 1 amide bonds. The summed E-state index contributed by atoms with van der Waals surface area (Å²) in [6.45, 7) is 6.27. The second-order valence-corrected chi connectivity index (χ2v) is 9.05. The maximum atomic E-state index is 14.3. The number of benzene rings is 3. The van der Waals surface area contributed by atoms with Crippen LogP contribution in [0.15, 0.2) is 72.8 Å². The Morgan fingerprint density at radius 3 is 2.28 bits per heavy atom. The molecule has 0 saturated carbocycles. The minimum absolute atomic E-state index is 0.0958. The van der Waals surface area contributed by atoms with Crippen LogP contribution in [-0.4, -0.2) is 53.9 Å². The molecule has 3 aromatic carbocycles. The Bertz CT molecular complexity index is 1390. The first-order valence-electron chi connectivity index (χ1n) is 12.1. The van der Waals surface area contributed by atoms with Crippen molar-refractivity contribution in [1.29, 1.82) is 0 Å². The van der Waals surface area contributed by atoms with Crippen molar-refractivity contribution in [3.05, 3.63) is 95.4 Å². The Hall–Kier alpha value is -4.13. The number of aromatic nitrogens is 2. The van der Waals surface area contributed by atoms with E-state index in [1.54, 1.807) is 23.9 Å². The van der Waals surface area contributed by atoms with Gasteiger partial charge in [0.25, 0.3) is 5.91 Å². The smallest absolute Gasteiger partial charge is 0.272 e. The molecule has 7 heteroatoms. The number of hydrogen-bond acceptors (Lipinski definition) is 4. The van der Waals surface area contributed by atoms with E-state index in [0.717, 1.165) is 22.7 Å². The fourth-order valence-corrected chi connectivity index (χ4v) is 4.52. The van der Waals surface area contributed by atoms with Crippen LogP contribution in [0.3, 0.4) is 0 Å². The summed E-state index contributed by atoms with van der Waals surface area (Å²) in [6, 6.07) is 22.3. The first kappa shape index (κ1) is 23.6. The number of para-hydroxylation sites is 1. The number of hydrogen-bond donors (Lipinski definition) is 0. The first-order valence-corrected chi connectivity index (χ1v) is 12.1. The number of methoxy groups -OCH3 is 1. The van der Waals surface area contributed by atoms with E-state index in [0.29, 0.717) is 37.6 Å². The third-order valence-electron chi connectivity index (χ3n) is 6.81. The van der Waals surface area contributed by atoms with Crippen molar-refractivity contribution in [1.82, 2.24) is 14.7 Å². The van der Waals surface area contributed by atoms with Gasteiger partial charge in [0.05, 0.1) is 24.2 Å². The third kappa shape index (κ3) is 4.56. The molecule has 0 unspecified atom stereocenters. The zero-order valence-corrected chi connectivity index (χ0v) is 20.7. The van der Waals surface area contributed by atoms with E-state index in [1.165, 1.54) is 17.2 Å². The van der Waals surface area contributed by atoms with Gasteiger partial charge in [0.2, 0.25) is 0 Å². The molecular weight excluding hydrogens is 455 g/mol.